The fraction of sp³-hybridized carbons (Fsp3) is 0.778. The van der Waals surface area contributed by atoms with Crippen LogP contribution in [0.2, 0.25) is 0 Å². The molecule has 0 radical (unpaired) electrons. The molecule has 2 atom stereocenters. The van der Waals surface area contributed by atoms with Crippen molar-refractivity contribution in [3.63, 3.8) is 0 Å². The van der Waals surface area contributed by atoms with Crippen molar-refractivity contribution < 1.29 is 38.1 Å². The summed E-state index contributed by atoms with van der Waals surface area (Å²) in [6.07, 6.45) is 1.77. The number of nitrogens with zero attached hydrogens (tertiary/aromatic N) is 2. The van der Waals surface area contributed by atoms with Crippen LogP contribution in [0, 0.1) is 0 Å². The molecule has 0 aromatic heterocycles. The Morgan fingerprint density at radius 1 is 1.12 bits per heavy atom. The molecule has 33 heavy (non-hydrogen) atoms. The number of amides is 4. The van der Waals surface area contributed by atoms with Crippen molar-refractivity contribution in [2.24, 2.45) is 4.67 Å². The van der Waals surface area contributed by atoms with Gasteiger partial charge in [0.2, 0.25) is 0 Å². The Balaban J connectivity index is 1.95. The van der Waals surface area contributed by atoms with Crippen LogP contribution in [-0.4, -0.2) is 107 Å². The van der Waals surface area contributed by atoms with E-state index in [1.807, 2.05) is 0 Å². The van der Waals surface area contributed by atoms with Crippen LogP contribution in [0.5, 0.6) is 0 Å². The van der Waals surface area contributed by atoms with Crippen LogP contribution < -0.4 is 10.6 Å². The van der Waals surface area contributed by atoms with Crippen molar-refractivity contribution >= 4 is 51.2 Å². The predicted octanol–water partition coefficient (Wildman–Crippen LogP) is -0.258. The van der Waals surface area contributed by atoms with E-state index >= 15 is 0 Å². The van der Waals surface area contributed by atoms with Crippen LogP contribution >= 0.6 is 21.0 Å². The van der Waals surface area contributed by atoms with Crippen LogP contribution in [0.1, 0.15) is 19.3 Å². The molecule has 0 spiro atoms. The molecular formula is C18H32BN4O8PS. The zero-order valence-electron chi connectivity index (χ0n) is 18.8. The predicted molar refractivity (Wildman–Crippen MR) is 126 cm³/mol. The average molecular weight is 506 g/mol. The molecule has 2 N–H and O–H groups in total. The molecule has 12 nitrogen and oxygen atoms in total. The zero-order chi connectivity index (χ0) is 24.3. The maximum atomic E-state index is 12.2. The van der Waals surface area contributed by atoms with E-state index in [9.17, 15) is 19.2 Å². The van der Waals surface area contributed by atoms with Gasteiger partial charge >= 0.3 is 129 Å². The second-order valence-electron chi connectivity index (χ2n) is 6.70. The summed E-state index contributed by atoms with van der Waals surface area (Å²) in [7, 11) is 3.70. The normalized spacial score (nSPS) is 15.7. The van der Waals surface area contributed by atoms with Gasteiger partial charge in [-0.1, -0.05) is 0 Å². The summed E-state index contributed by atoms with van der Waals surface area (Å²) in [5.41, 5.74) is 0. The summed E-state index contributed by atoms with van der Waals surface area (Å²) in [4.78, 5) is 48.5. The Labute approximate surface area is 200 Å². The Bertz CT molecular complexity index is 661. The second-order valence-corrected chi connectivity index (χ2v) is 8.05. The number of ether oxygens (including phenoxy) is 4. The van der Waals surface area contributed by atoms with E-state index in [4.69, 9.17) is 18.9 Å². The molecule has 4 amide bonds. The molecule has 15 heteroatoms. The molecule has 1 rings (SSSR count). The van der Waals surface area contributed by atoms with E-state index in [1.165, 1.54) is 30.0 Å². The summed E-state index contributed by atoms with van der Waals surface area (Å²) in [5.74, 6) is -0.620. The third-order valence-electron chi connectivity index (χ3n) is 4.25. The number of likely N-dealkylation sites (tertiary alicyclic amines) is 1. The molecule has 0 saturated carbocycles. The van der Waals surface area contributed by atoms with E-state index in [1.54, 1.807) is 0 Å². The summed E-state index contributed by atoms with van der Waals surface area (Å²) in [5, 5.41) is 4.83. The minimum absolute atomic E-state index is 0.158. The van der Waals surface area contributed by atoms with Crippen LogP contribution in [-0.2, 0) is 33.3 Å². The number of nitrogens with one attached hydrogen (secondary N) is 2. The van der Waals surface area contributed by atoms with Crippen molar-refractivity contribution in [1.29, 1.82) is 0 Å². The number of rotatable bonds is 18. The van der Waals surface area contributed by atoms with Gasteiger partial charge in [-0.15, -0.1) is 0 Å². The first-order valence-electron chi connectivity index (χ1n) is 10.5. The van der Waals surface area contributed by atoms with Crippen molar-refractivity contribution in [1.82, 2.24) is 15.5 Å². The maximum absolute atomic E-state index is 12.2. The van der Waals surface area contributed by atoms with Gasteiger partial charge in [0, 0.05) is 13.7 Å². The van der Waals surface area contributed by atoms with Crippen molar-refractivity contribution in [3.8, 4) is 0 Å². The van der Waals surface area contributed by atoms with Gasteiger partial charge in [-0.2, -0.15) is 0 Å². The fourth-order valence-corrected chi connectivity index (χ4v) is 3.58. The molecule has 1 saturated heterocycles. The molecule has 0 aromatic rings. The first kappa shape index (κ1) is 29.4. The van der Waals surface area contributed by atoms with Crippen LogP contribution in [0.3, 0.4) is 0 Å². The summed E-state index contributed by atoms with van der Waals surface area (Å²) >= 11 is 1.21. The number of imide groups is 1. The van der Waals surface area contributed by atoms with E-state index < -0.39 is 11.3 Å². The summed E-state index contributed by atoms with van der Waals surface area (Å²) in [6, 6.07) is 0. The number of hydrogen-bond donors (Lipinski definition) is 2. The molecule has 0 aliphatic carbocycles. The standard InChI is InChI=1S/C18H32BN4O8PS/c1-28-9-12-31-18(27)21-5-8-30-11-10-29-7-4-20-15(24)3-2-6-23-16(25)13-14(17(23)26)33-19-22-32/h14H,2-13,32H2,1H3,(H,20,24)(H,21,27). The average Bonchev–Trinajstić information content (AvgIpc) is 3.06. The zero-order valence-corrected chi connectivity index (χ0v) is 20.8. The van der Waals surface area contributed by atoms with Gasteiger partial charge in [-0.25, -0.2) is 4.79 Å². The Kier molecular flexibility index (Phi) is 16.8. The molecule has 1 heterocycles. The van der Waals surface area contributed by atoms with Crippen molar-refractivity contribution in [3.05, 3.63) is 0 Å². The van der Waals surface area contributed by atoms with Crippen molar-refractivity contribution in [2.75, 3.05) is 66.4 Å². The monoisotopic (exact) mass is 506 g/mol. The quantitative estimate of drug-likeness (QED) is 0.111. The van der Waals surface area contributed by atoms with Gasteiger partial charge in [0.05, 0.1) is 26.4 Å². The number of hydrogen-bond acceptors (Lipinski definition) is 10. The van der Waals surface area contributed by atoms with Crippen LogP contribution in [0.25, 0.3) is 0 Å². The summed E-state index contributed by atoms with van der Waals surface area (Å²) < 4.78 is 24.0. The molecule has 2 unspecified atom stereocenters. The number of carbonyl (C=O) groups is 4. The fourth-order valence-electron chi connectivity index (χ4n) is 2.67. The topological polar surface area (TPSA) is 145 Å². The van der Waals surface area contributed by atoms with Gasteiger partial charge in [-0.3, -0.25) is 0 Å². The second kappa shape index (κ2) is 18.8. The van der Waals surface area contributed by atoms with E-state index in [-0.39, 0.29) is 43.7 Å². The molecule has 1 fully saturated rings. The number of carbonyl (C=O) groups excluding carboxylic acids is 4. The molecule has 186 valence electrons. The Hall–Kier alpha value is -1.60. The molecular weight excluding hydrogens is 474 g/mol. The number of methoxy groups -OCH3 is 1. The van der Waals surface area contributed by atoms with Crippen LogP contribution in [0.4, 0.5) is 4.79 Å². The van der Waals surface area contributed by atoms with E-state index in [0.29, 0.717) is 52.5 Å². The Morgan fingerprint density at radius 3 is 2.48 bits per heavy atom. The third kappa shape index (κ3) is 13.6. The van der Waals surface area contributed by atoms with Crippen LogP contribution in [0.15, 0.2) is 4.67 Å². The van der Waals surface area contributed by atoms with Gasteiger partial charge in [0.15, 0.2) is 0 Å². The van der Waals surface area contributed by atoms with Gasteiger partial charge < -0.3 is 19.5 Å². The van der Waals surface area contributed by atoms with Gasteiger partial charge in [0.1, 0.15) is 6.61 Å². The van der Waals surface area contributed by atoms with E-state index in [0.717, 1.165) is 0 Å². The van der Waals surface area contributed by atoms with Gasteiger partial charge in [0.25, 0.3) is 0 Å². The molecule has 0 bridgehead atoms. The molecule has 0 aromatic carbocycles. The van der Waals surface area contributed by atoms with Gasteiger partial charge in [-0.05, 0) is 0 Å². The minimum atomic E-state index is -0.523. The van der Waals surface area contributed by atoms with Crippen molar-refractivity contribution in [2.45, 2.75) is 24.5 Å². The first-order chi connectivity index (χ1) is 16.0. The SMILES string of the molecule is COCCOC(=O)NCCOCCOCCNC(=O)CCCN1C(=O)CC(S/B=N/P)C1=O. The molecule has 1 aliphatic rings. The first-order valence-corrected chi connectivity index (χ1v) is 12.0. The third-order valence-corrected chi connectivity index (χ3v) is 5.56. The van der Waals surface area contributed by atoms with E-state index in [2.05, 4.69) is 24.7 Å². The molecule has 1 aliphatic heterocycles. The number of alkyl carbamates (subject to hydrolysis) is 1. The summed E-state index contributed by atoms with van der Waals surface area (Å²) in [6.45, 7) is 2.81. The Morgan fingerprint density at radius 2 is 1.82 bits per heavy atom.